The van der Waals surface area contributed by atoms with E-state index in [1.54, 1.807) is 0 Å². The average molecular weight is 336 g/mol. The van der Waals surface area contributed by atoms with E-state index < -0.39 is 0 Å². The summed E-state index contributed by atoms with van der Waals surface area (Å²) in [7, 11) is 0. The summed E-state index contributed by atoms with van der Waals surface area (Å²) in [6, 6.07) is 17.9. The molecule has 1 saturated heterocycles. The fourth-order valence-corrected chi connectivity index (χ4v) is 4.44. The molecule has 0 unspecified atom stereocenters. The Morgan fingerprint density at radius 2 is 1.92 bits per heavy atom. The molecule has 0 radical (unpaired) electrons. The highest BCUT2D eigenvalue weighted by atomic mass is 32.2. The Bertz CT molecular complexity index is 772. The molecule has 2 aromatic rings. The van der Waals surface area contributed by atoms with Crippen LogP contribution < -0.4 is 0 Å². The number of aliphatic imine (C=N–C) groups is 1. The van der Waals surface area contributed by atoms with Crippen LogP contribution in [0.15, 0.2) is 59.6 Å². The van der Waals surface area contributed by atoms with Gasteiger partial charge in [0.25, 0.3) is 5.91 Å². The molecule has 0 saturated carbocycles. The third-order valence-electron chi connectivity index (χ3n) is 4.66. The van der Waals surface area contributed by atoms with E-state index >= 15 is 0 Å². The van der Waals surface area contributed by atoms with E-state index in [4.69, 9.17) is 4.99 Å². The van der Waals surface area contributed by atoms with Gasteiger partial charge in [0, 0.05) is 30.8 Å². The second-order valence-electron chi connectivity index (χ2n) is 6.39. The number of hydrogen-bond acceptors (Lipinski definition) is 3. The summed E-state index contributed by atoms with van der Waals surface area (Å²) >= 11 is 1.86. The van der Waals surface area contributed by atoms with Gasteiger partial charge in [-0.05, 0) is 36.1 Å². The largest absolute Gasteiger partial charge is 0.338 e. The number of nitrogens with zero attached hydrogens (tertiary/aromatic N) is 2. The molecule has 2 aromatic carbocycles. The summed E-state index contributed by atoms with van der Waals surface area (Å²) in [6.07, 6.45) is 2.05. The maximum absolute atomic E-state index is 12.5. The van der Waals surface area contributed by atoms with Crippen molar-refractivity contribution >= 4 is 28.4 Å². The van der Waals surface area contributed by atoms with Crippen molar-refractivity contribution in [1.82, 2.24) is 4.90 Å². The lowest BCUT2D eigenvalue weighted by Crippen LogP contribution is -2.28. The number of hydrogen-bond donors (Lipinski definition) is 0. The van der Waals surface area contributed by atoms with Gasteiger partial charge in [-0.1, -0.05) is 36.4 Å². The molecular weight excluding hydrogens is 316 g/mol. The Morgan fingerprint density at radius 1 is 1.12 bits per heavy atom. The van der Waals surface area contributed by atoms with Gasteiger partial charge < -0.3 is 4.90 Å². The Morgan fingerprint density at radius 3 is 2.75 bits per heavy atom. The quantitative estimate of drug-likeness (QED) is 0.843. The van der Waals surface area contributed by atoms with Gasteiger partial charge in [0.1, 0.15) is 0 Å². The molecule has 0 N–H and O–H groups in total. The third-order valence-corrected chi connectivity index (χ3v) is 5.86. The Labute approximate surface area is 146 Å². The molecule has 24 heavy (non-hydrogen) atoms. The predicted octanol–water partition coefficient (Wildman–Crippen LogP) is 4.17. The van der Waals surface area contributed by atoms with Crippen molar-refractivity contribution in [3.05, 3.63) is 65.7 Å². The maximum Gasteiger partial charge on any atom is 0.253 e. The van der Waals surface area contributed by atoms with Gasteiger partial charge in [0.15, 0.2) is 0 Å². The van der Waals surface area contributed by atoms with E-state index in [-0.39, 0.29) is 5.91 Å². The second-order valence-corrected chi connectivity index (χ2v) is 7.49. The smallest absolute Gasteiger partial charge is 0.253 e. The molecular formula is C20H20N2OS. The maximum atomic E-state index is 12.5. The zero-order chi connectivity index (χ0) is 16.4. The van der Waals surface area contributed by atoms with Crippen molar-refractivity contribution in [2.75, 3.05) is 18.8 Å². The minimum atomic E-state index is 0.161. The Balaban J connectivity index is 1.30. The molecule has 4 heteroatoms. The highest BCUT2D eigenvalue weighted by Crippen LogP contribution is 2.31. The van der Waals surface area contributed by atoms with Gasteiger partial charge in [-0.25, -0.2) is 4.99 Å². The van der Waals surface area contributed by atoms with Crippen molar-refractivity contribution in [3.63, 3.8) is 0 Å². The number of para-hydroxylation sites is 1. The standard InChI is InChI=1S/C20H20N2OS/c23-20(16-6-2-1-3-7-16)22-11-10-15(13-22)14-24-19-12-17-8-4-5-9-18(17)21-19/h1-9,15H,10-14H2/t15-/m1/s1. The lowest BCUT2D eigenvalue weighted by Gasteiger charge is -2.16. The van der Waals surface area contributed by atoms with Gasteiger partial charge in [-0.2, -0.15) is 0 Å². The first-order valence-corrected chi connectivity index (χ1v) is 9.41. The minimum Gasteiger partial charge on any atom is -0.338 e. The number of amides is 1. The first kappa shape index (κ1) is 15.5. The van der Waals surface area contributed by atoms with E-state index in [1.807, 2.05) is 53.1 Å². The number of likely N-dealkylation sites (tertiary alicyclic amines) is 1. The minimum absolute atomic E-state index is 0.161. The highest BCUT2D eigenvalue weighted by Gasteiger charge is 2.27. The van der Waals surface area contributed by atoms with Crippen LogP contribution >= 0.6 is 11.8 Å². The summed E-state index contributed by atoms with van der Waals surface area (Å²) in [5.74, 6) is 1.77. The molecule has 2 aliphatic rings. The van der Waals surface area contributed by atoms with E-state index in [1.165, 1.54) is 10.6 Å². The van der Waals surface area contributed by atoms with E-state index in [2.05, 4.69) is 18.2 Å². The molecule has 0 spiro atoms. The lowest BCUT2D eigenvalue weighted by molar-refractivity contribution is 0.0788. The molecule has 1 amide bonds. The molecule has 122 valence electrons. The summed E-state index contributed by atoms with van der Waals surface area (Å²) < 4.78 is 0. The number of rotatable bonds is 3. The highest BCUT2D eigenvalue weighted by molar-refractivity contribution is 8.14. The normalized spacial score (nSPS) is 19.2. The summed E-state index contributed by atoms with van der Waals surface area (Å²) in [5, 5.41) is 1.21. The predicted molar refractivity (Wildman–Crippen MR) is 100 cm³/mol. The average Bonchev–Trinajstić information content (AvgIpc) is 3.26. The molecule has 3 nitrogen and oxygen atoms in total. The van der Waals surface area contributed by atoms with Gasteiger partial charge in [0.2, 0.25) is 0 Å². The van der Waals surface area contributed by atoms with Crippen LogP contribution in [0, 0.1) is 5.92 Å². The van der Waals surface area contributed by atoms with E-state index in [0.29, 0.717) is 5.92 Å². The van der Waals surface area contributed by atoms with Crippen LogP contribution in [0.3, 0.4) is 0 Å². The molecule has 4 rings (SSSR count). The topological polar surface area (TPSA) is 32.7 Å². The van der Waals surface area contributed by atoms with Gasteiger partial charge in [-0.15, -0.1) is 11.8 Å². The van der Waals surface area contributed by atoms with Crippen LogP contribution in [0.4, 0.5) is 5.69 Å². The van der Waals surface area contributed by atoms with Gasteiger partial charge in [0.05, 0.1) is 10.7 Å². The van der Waals surface area contributed by atoms with Gasteiger partial charge >= 0.3 is 0 Å². The summed E-state index contributed by atoms with van der Waals surface area (Å²) in [6.45, 7) is 1.73. The van der Waals surface area contributed by atoms with Crippen molar-refractivity contribution in [1.29, 1.82) is 0 Å². The molecule has 0 aliphatic carbocycles. The number of carbonyl (C=O) groups excluding carboxylic acids is 1. The van der Waals surface area contributed by atoms with Crippen molar-refractivity contribution < 1.29 is 4.79 Å². The van der Waals surface area contributed by atoms with Crippen LogP contribution in [0.2, 0.25) is 0 Å². The van der Waals surface area contributed by atoms with Crippen LogP contribution in [-0.4, -0.2) is 34.7 Å². The molecule has 0 bridgehead atoms. The van der Waals surface area contributed by atoms with E-state index in [9.17, 15) is 4.79 Å². The Kier molecular flexibility index (Phi) is 4.39. The third kappa shape index (κ3) is 3.24. The summed E-state index contributed by atoms with van der Waals surface area (Å²) in [5.41, 5.74) is 3.24. The van der Waals surface area contributed by atoms with Crippen molar-refractivity contribution in [3.8, 4) is 0 Å². The van der Waals surface area contributed by atoms with Crippen molar-refractivity contribution in [2.45, 2.75) is 12.8 Å². The number of thioether (sulfide) groups is 1. The van der Waals surface area contributed by atoms with Crippen LogP contribution in [0.1, 0.15) is 22.3 Å². The van der Waals surface area contributed by atoms with Gasteiger partial charge in [-0.3, -0.25) is 4.79 Å². The second kappa shape index (κ2) is 6.81. The zero-order valence-electron chi connectivity index (χ0n) is 13.5. The van der Waals surface area contributed by atoms with Crippen LogP contribution in [-0.2, 0) is 6.42 Å². The molecule has 1 fully saturated rings. The zero-order valence-corrected chi connectivity index (χ0v) is 14.3. The monoisotopic (exact) mass is 336 g/mol. The molecule has 2 aliphatic heterocycles. The fraction of sp³-hybridized carbons (Fsp3) is 0.300. The number of benzene rings is 2. The molecule has 2 heterocycles. The number of carbonyl (C=O) groups is 1. The van der Waals surface area contributed by atoms with E-state index in [0.717, 1.165) is 42.9 Å². The Hall–Kier alpha value is -2.07. The first-order valence-electron chi connectivity index (χ1n) is 8.42. The molecule has 0 aromatic heterocycles. The lowest BCUT2D eigenvalue weighted by atomic mass is 10.1. The summed E-state index contributed by atoms with van der Waals surface area (Å²) in [4.78, 5) is 19.2. The number of fused-ring (bicyclic) bond motifs is 1. The van der Waals surface area contributed by atoms with Crippen LogP contribution in [0.25, 0.3) is 0 Å². The molecule has 1 atom stereocenters. The SMILES string of the molecule is O=C(c1ccccc1)N1CC[C@@H](CSC2=Nc3ccccc3C2)C1. The van der Waals surface area contributed by atoms with Crippen molar-refractivity contribution in [2.24, 2.45) is 10.9 Å². The first-order chi connectivity index (χ1) is 11.8. The van der Waals surface area contributed by atoms with Crippen LogP contribution in [0.5, 0.6) is 0 Å². The fourth-order valence-electron chi connectivity index (χ4n) is 3.32.